The number of nitrogens with one attached hydrogen (secondary N) is 3. The first-order valence-corrected chi connectivity index (χ1v) is 14.4. The predicted octanol–water partition coefficient (Wildman–Crippen LogP) is 3.40. The normalized spacial score (nSPS) is 12.8. The topological polar surface area (TPSA) is 183 Å². The second kappa shape index (κ2) is 18.1. The quantitative estimate of drug-likeness (QED) is 0.131. The van der Waals surface area contributed by atoms with Crippen molar-refractivity contribution in [2.75, 3.05) is 18.4 Å². The molecule has 0 aromatic heterocycles. The lowest BCUT2D eigenvalue weighted by atomic mass is 9.89. The molecule has 0 saturated carbocycles. The Bertz CT molecular complexity index is 1000. The molecule has 0 aliphatic heterocycles. The van der Waals surface area contributed by atoms with Crippen LogP contribution >= 0.6 is 0 Å². The number of urea groups is 1. The van der Waals surface area contributed by atoms with E-state index in [0.29, 0.717) is 37.9 Å². The van der Waals surface area contributed by atoms with Crippen LogP contribution in [0.25, 0.3) is 0 Å². The fourth-order valence-corrected chi connectivity index (χ4v) is 4.02. The molecule has 1 rings (SSSR count). The fraction of sp³-hybridized carbons (Fsp3) is 0.633. The zero-order valence-electron chi connectivity index (χ0n) is 25.2. The monoisotopic (exact) mass is 575 g/mol. The highest BCUT2D eigenvalue weighted by atomic mass is 16.5. The van der Waals surface area contributed by atoms with Gasteiger partial charge < -0.3 is 32.2 Å². The Labute approximate surface area is 243 Å². The molecule has 230 valence electrons. The van der Waals surface area contributed by atoms with E-state index < -0.39 is 23.4 Å². The molecule has 0 aliphatic rings. The minimum absolute atomic E-state index is 0.0699. The highest BCUT2D eigenvalue weighted by molar-refractivity contribution is 5.97. The van der Waals surface area contributed by atoms with E-state index in [9.17, 15) is 24.0 Å². The molecule has 0 aliphatic carbocycles. The van der Waals surface area contributed by atoms with Crippen LogP contribution in [-0.2, 0) is 30.5 Å². The molecular formula is C30H49N5O6. The Morgan fingerprint density at radius 2 is 1.61 bits per heavy atom. The Kier molecular flexibility index (Phi) is 15.7. The number of ketones is 1. The smallest absolute Gasteiger partial charge is 0.312 e. The molecule has 11 heteroatoms. The summed E-state index contributed by atoms with van der Waals surface area (Å²) >= 11 is 0. The van der Waals surface area contributed by atoms with E-state index in [4.69, 9.17) is 16.2 Å². The van der Waals surface area contributed by atoms with Crippen LogP contribution in [0.2, 0.25) is 0 Å². The van der Waals surface area contributed by atoms with Gasteiger partial charge in [-0.2, -0.15) is 0 Å². The number of unbranched alkanes of at least 4 members (excludes halogenated alkanes) is 2. The van der Waals surface area contributed by atoms with Gasteiger partial charge in [0.05, 0.1) is 11.5 Å². The van der Waals surface area contributed by atoms with Gasteiger partial charge in [0.25, 0.3) is 0 Å². The lowest BCUT2D eigenvalue weighted by molar-refractivity contribution is -0.154. The van der Waals surface area contributed by atoms with Crippen LogP contribution in [0, 0.1) is 17.3 Å². The van der Waals surface area contributed by atoms with Crippen molar-refractivity contribution in [3.05, 3.63) is 29.8 Å². The summed E-state index contributed by atoms with van der Waals surface area (Å²) in [6.45, 7) is 9.99. The van der Waals surface area contributed by atoms with E-state index in [-0.39, 0.29) is 49.1 Å². The molecule has 0 heterocycles. The van der Waals surface area contributed by atoms with Gasteiger partial charge in [-0.1, -0.05) is 32.4 Å². The van der Waals surface area contributed by atoms with Gasteiger partial charge >= 0.3 is 12.0 Å². The molecule has 41 heavy (non-hydrogen) atoms. The summed E-state index contributed by atoms with van der Waals surface area (Å²) in [6, 6.07) is 5.53. The van der Waals surface area contributed by atoms with Crippen molar-refractivity contribution in [1.29, 1.82) is 0 Å². The molecule has 4 amide bonds. The first kappa shape index (κ1) is 35.6. The Hall–Kier alpha value is -3.47. The minimum atomic E-state index is -0.717. The van der Waals surface area contributed by atoms with E-state index >= 15 is 0 Å². The number of anilines is 1. The molecule has 0 spiro atoms. The summed E-state index contributed by atoms with van der Waals surface area (Å²) in [5.41, 5.74) is 11.3. The standard InChI is InChI=1S/C30H49N5O6/c1-20(2)26(35-25(37)11-7-6-8-16-31)24(36)18-22(10-9-17-33-29(32)40)27(38)34-23-14-12-21(13-15-23)19-41-28(39)30(3,4)5/h12-15,20,22,26H,6-11,16-19,31H2,1-5H3,(H,34,38)(H,35,37)(H3,32,33,40)/t22-,26+/m1/s1. The lowest BCUT2D eigenvalue weighted by Crippen LogP contribution is -2.45. The number of benzene rings is 1. The highest BCUT2D eigenvalue weighted by Gasteiger charge is 2.29. The van der Waals surface area contributed by atoms with Gasteiger partial charge in [-0.25, -0.2) is 4.79 Å². The first-order valence-electron chi connectivity index (χ1n) is 14.4. The Morgan fingerprint density at radius 3 is 2.17 bits per heavy atom. The summed E-state index contributed by atoms with van der Waals surface area (Å²) in [5, 5.41) is 8.19. The van der Waals surface area contributed by atoms with Crippen molar-refractivity contribution in [3.8, 4) is 0 Å². The number of esters is 1. The predicted molar refractivity (Wildman–Crippen MR) is 159 cm³/mol. The summed E-state index contributed by atoms with van der Waals surface area (Å²) < 4.78 is 5.33. The van der Waals surface area contributed by atoms with Crippen molar-refractivity contribution < 1.29 is 28.7 Å². The van der Waals surface area contributed by atoms with E-state index in [0.717, 1.165) is 18.4 Å². The van der Waals surface area contributed by atoms with Crippen LogP contribution < -0.4 is 27.4 Å². The lowest BCUT2D eigenvalue weighted by Gasteiger charge is -2.24. The number of carbonyl (C=O) groups is 5. The summed E-state index contributed by atoms with van der Waals surface area (Å²) in [5.74, 6) is -1.93. The third-order valence-corrected chi connectivity index (χ3v) is 6.49. The summed E-state index contributed by atoms with van der Waals surface area (Å²) in [6.07, 6.45) is 3.38. The van der Waals surface area contributed by atoms with Gasteiger partial charge in [0, 0.05) is 31.0 Å². The molecule has 0 saturated heterocycles. The molecule has 0 unspecified atom stereocenters. The van der Waals surface area contributed by atoms with Gasteiger partial charge in [-0.3, -0.25) is 19.2 Å². The molecule has 2 atom stereocenters. The number of hydrogen-bond acceptors (Lipinski definition) is 7. The van der Waals surface area contributed by atoms with Crippen LogP contribution in [0.4, 0.5) is 10.5 Å². The summed E-state index contributed by atoms with van der Waals surface area (Å²) in [4.78, 5) is 62.1. The second-order valence-electron chi connectivity index (χ2n) is 11.7. The average Bonchev–Trinajstić information content (AvgIpc) is 2.89. The zero-order chi connectivity index (χ0) is 31.0. The maximum Gasteiger partial charge on any atom is 0.312 e. The van der Waals surface area contributed by atoms with Gasteiger partial charge in [-0.15, -0.1) is 0 Å². The molecule has 0 fully saturated rings. The number of primary amides is 1. The summed E-state index contributed by atoms with van der Waals surface area (Å²) in [7, 11) is 0. The van der Waals surface area contributed by atoms with E-state index in [1.807, 2.05) is 13.8 Å². The van der Waals surface area contributed by atoms with Crippen molar-refractivity contribution >= 4 is 35.3 Å². The molecule has 0 bridgehead atoms. The SMILES string of the molecule is CC(C)[C@H](NC(=O)CCCCCN)C(=O)C[C@@H](CCCNC(N)=O)C(=O)Nc1ccc(COC(=O)C(C)(C)C)cc1. The van der Waals surface area contributed by atoms with Crippen molar-refractivity contribution in [2.24, 2.45) is 28.7 Å². The molecule has 0 radical (unpaired) electrons. The Morgan fingerprint density at radius 1 is 0.951 bits per heavy atom. The number of ether oxygens (including phenoxy) is 1. The number of amides is 4. The van der Waals surface area contributed by atoms with Crippen LogP contribution in [0.3, 0.4) is 0 Å². The number of Topliss-reactive ketones (excluding diaryl/α,β-unsaturated/α-hetero) is 1. The molecule has 11 nitrogen and oxygen atoms in total. The molecule has 7 N–H and O–H groups in total. The van der Waals surface area contributed by atoms with Crippen molar-refractivity contribution in [1.82, 2.24) is 10.6 Å². The number of hydrogen-bond donors (Lipinski definition) is 5. The van der Waals surface area contributed by atoms with E-state index in [1.54, 1.807) is 45.0 Å². The maximum absolute atomic E-state index is 13.3. The van der Waals surface area contributed by atoms with E-state index in [2.05, 4.69) is 16.0 Å². The van der Waals surface area contributed by atoms with Crippen LogP contribution in [0.15, 0.2) is 24.3 Å². The molecule has 1 aromatic rings. The maximum atomic E-state index is 13.3. The minimum Gasteiger partial charge on any atom is -0.460 e. The van der Waals surface area contributed by atoms with Gasteiger partial charge in [0.1, 0.15) is 6.61 Å². The van der Waals surface area contributed by atoms with Crippen molar-refractivity contribution in [2.45, 2.75) is 92.2 Å². The largest absolute Gasteiger partial charge is 0.460 e. The van der Waals surface area contributed by atoms with Crippen LogP contribution in [0.5, 0.6) is 0 Å². The number of rotatable bonds is 18. The average molecular weight is 576 g/mol. The zero-order valence-corrected chi connectivity index (χ0v) is 25.2. The van der Waals surface area contributed by atoms with Crippen LogP contribution in [-0.4, -0.2) is 48.7 Å². The first-order chi connectivity index (χ1) is 19.2. The second-order valence-corrected chi connectivity index (χ2v) is 11.7. The van der Waals surface area contributed by atoms with Crippen LogP contribution in [0.1, 0.15) is 85.1 Å². The van der Waals surface area contributed by atoms with E-state index in [1.165, 1.54) is 0 Å². The third-order valence-electron chi connectivity index (χ3n) is 6.49. The third kappa shape index (κ3) is 14.6. The van der Waals surface area contributed by atoms with Gasteiger partial charge in [0.2, 0.25) is 11.8 Å². The molecule has 1 aromatic carbocycles. The Balaban J connectivity index is 2.88. The van der Waals surface area contributed by atoms with Gasteiger partial charge in [0.15, 0.2) is 5.78 Å². The highest BCUT2D eigenvalue weighted by Crippen LogP contribution is 2.20. The number of carbonyl (C=O) groups excluding carboxylic acids is 5. The molecular weight excluding hydrogens is 526 g/mol. The number of nitrogens with two attached hydrogens (primary N) is 2. The van der Waals surface area contributed by atoms with Crippen molar-refractivity contribution in [3.63, 3.8) is 0 Å². The fourth-order valence-electron chi connectivity index (χ4n) is 4.02. The van der Waals surface area contributed by atoms with Gasteiger partial charge in [-0.05, 0) is 76.6 Å².